The Morgan fingerprint density at radius 3 is 0.427 bits per heavy atom. The van der Waals surface area contributed by atoms with Gasteiger partial charge in [0.15, 0.2) is 0 Å². The van der Waals surface area contributed by atoms with Crippen molar-refractivity contribution in [1.82, 2.24) is 44.9 Å². The molecule has 0 atom stereocenters. The van der Waals surface area contributed by atoms with Gasteiger partial charge in [-0.1, -0.05) is 0 Å². The minimum Gasteiger partial charge on any atom is -0.481 e. The maximum absolute atomic E-state index is 11.3. The van der Waals surface area contributed by atoms with Gasteiger partial charge in [0.2, 0.25) is 53.5 Å². The second-order valence-electron chi connectivity index (χ2n) is 25.7. The quantitative estimate of drug-likeness (QED) is 0.112. The molecule has 31 nitrogen and oxygen atoms in total. The summed E-state index contributed by atoms with van der Waals surface area (Å²) in [5.74, 6) is 1.42. The molecule has 0 spiro atoms. The second kappa shape index (κ2) is 30.1. The highest BCUT2D eigenvalue weighted by atomic mass is 16.4. The van der Waals surface area contributed by atoms with Crippen molar-refractivity contribution in [2.75, 3.05) is 162 Å². The summed E-state index contributed by atoms with van der Waals surface area (Å²) in [6.45, 7) is 13.3. The zero-order chi connectivity index (χ0) is 62.7. The van der Waals surface area contributed by atoms with E-state index in [2.05, 4.69) is 44.4 Å². The first-order valence-electron chi connectivity index (χ1n) is 32.6. The molecule has 3 aromatic heterocycles. The summed E-state index contributed by atoms with van der Waals surface area (Å²) in [5, 5.41) is 37.1. The maximum Gasteiger partial charge on any atom is 0.306 e. The van der Waals surface area contributed by atoms with Gasteiger partial charge in [0, 0.05) is 148 Å². The third-order valence-electron chi connectivity index (χ3n) is 19.4. The fraction of sp³-hybridized carbons (Fsp3) is 0.776. The lowest BCUT2D eigenvalue weighted by atomic mass is 9.97. The van der Waals surface area contributed by atoms with Gasteiger partial charge in [0.1, 0.15) is 0 Å². The summed E-state index contributed by atoms with van der Waals surface area (Å²) in [5.41, 5.74) is 30.3. The van der Waals surface area contributed by atoms with Gasteiger partial charge in [-0.3, -0.25) is 19.2 Å². The number of rotatable bonds is 13. The van der Waals surface area contributed by atoms with Crippen LogP contribution < -0.4 is 72.8 Å². The monoisotopic (exact) mass is 1240 g/mol. The minimum atomic E-state index is -0.783. The van der Waals surface area contributed by atoms with Crippen LogP contribution in [0.5, 0.6) is 0 Å². The van der Waals surface area contributed by atoms with Crippen LogP contribution in [0.4, 0.5) is 53.5 Å². The molecule has 9 aliphatic heterocycles. The Hall–Kier alpha value is -7.09. The fourth-order valence-corrected chi connectivity index (χ4v) is 13.1. The number of carbonyl (C=O) groups is 4. The molecule has 12 heterocycles. The number of carboxylic acid groups (broad SMARTS) is 4. The van der Waals surface area contributed by atoms with Crippen LogP contribution in [0, 0.1) is 23.7 Å². The van der Waals surface area contributed by atoms with Gasteiger partial charge in [0.25, 0.3) is 0 Å². The van der Waals surface area contributed by atoms with E-state index < -0.39 is 23.9 Å². The van der Waals surface area contributed by atoms with Crippen molar-refractivity contribution in [1.29, 1.82) is 0 Å². The molecule has 0 bridgehead atoms. The van der Waals surface area contributed by atoms with Crippen molar-refractivity contribution in [3.63, 3.8) is 0 Å². The van der Waals surface area contributed by atoms with Crippen LogP contribution in [0.25, 0.3) is 0 Å². The van der Waals surface area contributed by atoms with Crippen molar-refractivity contribution in [3.05, 3.63) is 0 Å². The molecule has 9 saturated heterocycles. The molecule has 0 aliphatic carbocycles. The predicted molar refractivity (Wildman–Crippen MR) is 337 cm³/mol. The van der Waals surface area contributed by atoms with E-state index in [9.17, 15) is 39.6 Å². The third kappa shape index (κ3) is 17.2. The lowest BCUT2D eigenvalue weighted by molar-refractivity contribution is -0.143. The van der Waals surface area contributed by atoms with Crippen molar-refractivity contribution in [3.8, 4) is 0 Å². The van der Waals surface area contributed by atoms with Crippen LogP contribution in [0.3, 0.4) is 0 Å². The molecule has 12 rings (SSSR count). The Kier molecular flexibility index (Phi) is 22.0. The van der Waals surface area contributed by atoms with Gasteiger partial charge >= 0.3 is 23.9 Å². The van der Waals surface area contributed by atoms with Crippen LogP contribution in [0.2, 0.25) is 0 Å². The number of nitrogens with zero attached hydrogens (tertiary/aromatic N) is 18. The first-order valence-corrected chi connectivity index (χ1v) is 32.6. The molecular formula is C58H95N23O8. The Morgan fingerprint density at radius 2 is 0.326 bits per heavy atom. The van der Waals surface area contributed by atoms with Crippen molar-refractivity contribution >= 4 is 77.4 Å². The van der Waals surface area contributed by atoms with Crippen LogP contribution >= 0.6 is 0 Å². The first kappa shape index (κ1) is 64.9. The number of hydrogen-bond acceptors (Lipinski definition) is 27. The van der Waals surface area contributed by atoms with E-state index in [0.717, 1.165) is 148 Å². The second-order valence-corrected chi connectivity index (χ2v) is 25.7. The fourth-order valence-electron chi connectivity index (χ4n) is 13.1. The largest absolute Gasteiger partial charge is 0.481 e. The molecule has 9 aliphatic rings. The Labute approximate surface area is 520 Å². The van der Waals surface area contributed by atoms with Crippen molar-refractivity contribution < 1.29 is 39.6 Å². The standard InChI is InChI=1S/C21H30N6O6.C19H32N8O2.C18H33N9/c28-16(29)13-1-7-25(8-2-13)19-22-20(26-9-3-14(4-10-26)17(30)31)24-21(23-19)27-11-5-15(6-12-27)18(32)33;20-14-3-9-26(10-4-14)18-22-17(25-7-1-13(2-8-25)16(28)29)23-19(24-18)27-11-5-15(21)6-12-27;19-13-1-7-25(8-2-13)16-22-17(26-9-3-14(20)4-10-26)24-18(23-16)27-11-5-15(21)6-12-27/h13-15H,1-12H2,(H,28,29)(H,30,31)(H,32,33);13-15H,1-12,20-21H2,(H,28,29);13-15H,1-12,19-21H2. The third-order valence-corrected chi connectivity index (χ3v) is 19.4. The van der Waals surface area contributed by atoms with Gasteiger partial charge < -0.3 is 93.2 Å². The molecule has 0 amide bonds. The lowest BCUT2D eigenvalue weighted by Gasteiger charge is -2.35. The molecule has 0 aromatic carbocycles. The molecule has 31 heteroatoms. The topological polar surface area (TPSA) is 424 Å². The van der Waals surface area contributed by atoms with Gasteiger partial charge in [0.05, 0.1) is 23.7 Å². The SMILES string of the molecule is NC1CCN(c2nc(N3CCC(N)CC3)nc(N3CCC(C(=O)O)CC3)n2)CC1.NC1CCN(c2nc(N3CCC(N)CC3)nc(N3CCC(N)CC3)n2)CC1.O=C(O)C1CCN(c2nc(N3CCC(C(=O)O)CC3)nc(N3CCC(C(=O)O)CC3)n2)CC1. The maximum atomic E-state index is 11.3. The summed E-state index contributed by atoms with van der Waals surface area (Å²) in [4.78, 5) is 107. The van der Waals surface area contributed by atoms with Gasteiger partial charge in [-0.15, -0.1) is 0 Å². The van der Waals surface area contributed by atoms with Gasteiger partial charge in [-0.05, 0) is 116 Å². The number of aromatic nitrogens is 9. The highest BCUT2D eigenvalue weighted by Crippen LogP contribution is 2.32. The van der Waals surface area contributed by atoms with E-state index in [1.165, 1.54) is 0 Å². The number of nitrogens with two attached hydrogens (primary N) is 5. The number of carboxylic acids is 4. The smallest absolute Gasteiger partial charge is 0.306 e. The average molecular weight is 1240 g/mol. The first-order chi connectivity index (χ1) is 42.9. The molecule has 3 aromatic rings. The van der Waals surface area contributed by atoms with E-state index in [-0.39, 0.29) is 53.9 Å². The van der Waals surface area contributed by atoms with E-state index in [1.807, 2.05) is 14.7 Å². The number of anilines is 9. The number of piperidine rings is 9. The number of hydrogen-bond donors (Lipinski definition) is 9. The molecule has 14 N–H and O–H groups in total. The molecule has 490 valence electrons. The van der Waals surface area contributed by atoms with Gasteiger partial charge in [-0.25, -0.2) is 0 Å². The van der Waals surface area contributed by atoms with E-state index >= 15 is 0 Å². The Bertz CT molecular complexity index is 2550. The summed E-state index contributed by atoms with van der Waals surface area (Å²) in [6, 6.07) is 1.34. The summed E-state index contributed by atoms with van der Waals surface area (Å²) in [6.07, 6.45) is 13.9. The normalized spacial score (nSPS) is 22.6. The molecule has 0 unspecified atom stereocenters. The minimum absolute atomic E-state index is 0.241. The van der Waals surface area contributed by atoms with E-state index in [4.69, 9.17) is 58.6 Å². The number of aliphatic carboxylic acids is 4. The zero-order valence-corrected chi connectivity index (χ0v) is 51.5. The lowest BCUT2D eigenvalue weighted by Crippen LogP contribution is -2.44. The predicted octanol–water partition coefficient (Wildman–Crippen LogP) is 0.456. The highest BCUT2D eigenvalue weighted by Gasteiger charge is 2.34. The molecule has 89 heavy (non-hydrogen) atoms. The molecular weight excluding hydrogens is 1150 g/mol. The molecule has 9 fully saturated rings. The van der Waals surface area contributed by atoms with Crippen LogP contribution in [0.1, 0.15) is 116 Å². The van der Waals surface area contributed by atoms with E-state index in [0.29, 0.717) is 139 Å². The summed E-state index contributed by atoms with van der Waals surface area (Å²) >= 11 is 0. The summed E-state index contributed by atoms with van der Waals surface area (Å²) < 4.78 is 0. The van der Waals surface area contributed by atoms with Crippen LogP contribution in [-0.4, -0.2) is 237 Å². The Morgan fingerprint density at radius 1 is 0.225 bits per heavy atom. The highest BCUT2D eigenvalue weighted by molar-refractivity contribution is 5.72. The van der Waals surface area contributed by atoms with Crippen LogP contribution in [-0.2, 0) is 19.2 Å². The van der Waals surface area contributed by atoms with Gasteiger partial charge in [-0.2, -0.15) is 44.9 Å². The molecule has 0 radical (unpaired) electrons. The van der Waals surface area contributed by atoms with Crippen molar-refractivity contribution in [2.24, 2.45) is 52.3 Å². The zero-order valence-electron chi connectivity index (χ0n) is 51.5. The van der Waals surface area contributed by atoms with Crippen molar-refractivity contribution in [2.45, 2.75) is 146 Å². The average Bonchev–Trinajstić information content (AvgIpc) is 2.66. The van der Waals surface area contributed by atoms with Crippen LogP contribution in [0.15, 0.2) is 0 Å². The van der Waals surface area contributed by atoms with E-state index in [1.54, 1.807) is 0 Å². The summed E-state index contributed by atoms with van der Waals surface area (Å²) in [7, 11) is 0. The molecule has 0 saturated carbocycles. The Balaban J connectivity index is 0.000000148.